The molecule has 1 aromatic carbocycles. The first-order valence-electron chi connectivity index (χ1n) is 9.76. The van der Waals surface area contributed by atoms with Gasteiger partial charge in [-0.3, -0.25) is 0 Å². The van der Waals surface area contributed by atoms with Gasteiger partial charge < -0.3 is 15.1 Å². The molecule has 0 amide bonds. The van der Waals surface area contributed by atoms with E-state index in [2.05, 4.69) is 35.1 Å². The monoisotopic (exact) mass is 437 g/mol. The molecule has 1 aliphatic rings. The van der Waals surface area contributed by atoms with Crippen molar-refractivity contribution in [1.82, 2.24) is 19.9 Å². The van der Waals surface area contributed by atoms with E-state index in [1.54, 1.807) is 11.3 Å². The molecule has 0 aliphatic carbocycles. The number of rotatable bonds is 5. The average Bonchev–Trinajstić information content (AvgIpc) is 3.33. The first-order chi connectivity index (χ1) is 14.8. The Bertz CT molecular complexity index is 1140. The fraction of sp³-hybridized carbons (Fsp3) is 0.238. The zero-order valence-electron chi connectivity index (χ0n) is 16.2. The third-order valence-electron chi connectivity index (χ3n) is 5.15. The van der Waals surface area contributed by atoms with Crippen LogP contribution in [0.4, 0.5) is 16.9 Å². The van der Waals surface area contributed by atoms with Crippen LogP contribution in [0.3, 0.4) is 0 Å². The van der Waals surface area contributed by atoms with Gasteiger partial charge in [-0.1, -0.05) is 29.8 Å². The lowest BCUT2D eigenvalue weighted by molar-refractivity contribution is 0.648. The molecule has 30 heavy (non-hydrogen) atoms. The van der Waals surface area contributed by atoms with E-state index in [4.69, 9.17) is 11.6 Å². The Labute approximate surface area is 183 Å². The summed E-state index contributed by atoms with van der Waals surface area (Å²) in [7, 11) is 0. The molecule has 5 rings (SSSR count). The van der Waals surface area contributed by atoms with Crippen LogP contribution in [-0.4, -0.2) is 46.1 Å². The highest BCUT2D eigenvalue weighted by atomic mass is 35.5. The third kappa shape index (κ3) is 3.88. The molecule has 1 aliphatic heterocycles. The van der Waals surface area contributed by atoms with E-state index in [9.17, 15) is 0 Å². The number of hydrogen-bond acceptors (Lipinski definition) is 8. The van der Waals surface area contributed by atoms with Crippen molar-refractivity contribution in [3.8, 4) is 0 Å². The minimum absolute atomic E-state index is 0.571. The largest absolute Gasteiger partial charge is 0.352 e. The molecule has 0 bridgehead atoms. The Kier molecular flexibility index (Phi) is 5.33. The summed E-state index contributed by atoms with van der Waals surface area (Å²) in [6.45, 7) is 4.19. The van der Waals surface area contributed by atoms with Gasteiger partial charge in [-0.2, -0.15) is 0 Å². The fourth-order valence-electron chi connectivity index (χ4n) is 3.58. The first-order valence-corrected chi connectivity index (χ1v) is 11.0. The summed E-state index contributed by atoms with van der Waals surface area (Å²) in [5.74, 6) is 1.51. The Hall–Kier alpha value is -2.97. The van der Waals surface area contributed by atoms with E-state index in [-0.39, 0.29) is 0 Å². The normalized spacial score (nSPS) is 14.3. The van der Waals surface area contributed by atoms with Gasteiger partial charge in [0.15, 0.2) is 5.13 Å². The van der Waals surface area contributed by atoms with Gasteiger partial charge in [-0.05, 0) is 17.7 Å². The van der Waals surface area contributed by atoms with Crippen molar-refractivity contribution in [1.29, 1.82) is 0 Å². The van der Waals surface area contributed by atoms with Crippen molar-refractivity contribution >= 4 is 50.7 Å². The number of thiazole rings is 1. The number of pyridine rings is 1. The fourth-order valence-corrected chi connectivity index (χ4v) is 4.48. The zero-order valence-corrected chi connectivity index (χ0v) is 17.8. The number of nitrogens with one attached hydrogen (secondary N) is 1. The molecule has 4 aromatic rings. The first kappa shape index (κ1) is 19.0. The molecule has 0 unspecified atom stereocenters. The molecule has 152 valence electrons. The van der Waals surface area contributed by atoms with Gasteiger partial charge in [0.1, 0.15) is 5.82 Å². The molecule has 0 spiro atoms. The summed E-state index contributed by atoms with van der Waals surface area (Å²) in [4.78, 5) is 22.9. The van der Waals surface area contributed by atoms with Gasteiger partial charge in [0.2, 0.25) is 5.95 Å². The number of piperazine rings is 1. The SMILES string of the molecule is Clc1ccccc1CNc1ncc2c(N3CCN(c4nccs4)CC3)nccc2n1. The van der Waals surface area contributed by atoms with Gasteiger partial charge in [0, 0.05) is 61.7 Å². The van der Waals surface area contributed by atoms with Crippen LogP contribution < -0.4 is 15.1 Å². The number of halogens is 1. The molecule has 1 N–H and O–H groups in total. The molecule has 9 heteroatoms. The minimum atomic E-state index is 0.571. The van der Waals surface area contributed by atoms with Crippen LogP contribution in [0, 0.1) is 0 Å². The van der Waals surface area contributed by atoms with Crippen molar-refractivity contribution in [2.45, 2.75) is 6.54 Å². The number of anilines is 3. The third-order valence-corrected chi connectivity index (χ3v) is 6.35. The summed E-state index contributed by atoms with van der Waals surface area (Å²) < 4.78 is 0. The number of nitrogens with zero attached hydrogens (tertiary/aromatic N) is 6. The lowest BCUT2D eigenvalue weighted by atomic mass is 10.2. The lowest BCUT2D eigenvalue weighted by Crippen LogP contribution is -2.46. The van der Waals surface area contributed by atoms with E-state index in [1.165, 1.54) is 0 Å². The maximum Gasteiger partial charge on any atom is 0.223 e. The van der Waals surface area contributed by atoms with Crippen LogP contribution in [0.1, 0.15) is 5.56 Å². The Morgan fingerprint density at radius 2 is 1.80 bits per heavy atom. The van der Waals surface area contributed by atoms with Crippen molar-refractivity contribution in [2.24, 2.45) is 0 Å². The molecule has 0 atom stereocenters. The highest BCUT2D eigenvalue weighted by molar-refractivity contribution is 7.13. The van der Waals surface area contributed by atoms with Crippen LogP contribution in [0.25, 0.3) is 10.9 Å². The molecule has 0 saturated carbocycles. The van der Waals surface area contributed by atoms with E-state index < -0.39 is 0 Å². The quantitative estimate of drug-likeness (QED) is 0.504. The second kappa shape index (κ2) is 8.41. The second-order valence-corrected chi connectivity index (χ2v) is 8.27. The summed E-state index contributed by atoms with van der Waals surface area (Å²) >= 11 is 7.91. The lowest BCUT2D eigenvalue weighted by Gasteiger charge is -2.35. The van der Waals surface area contributed by atoms with Crippen LogP contribution in [-0.2, 0) is 6.54 Å². The predicted octanol–water partition coefficient (Wildman–Crippen LogP) is 4.07. The van der Waals surface area contributed by atoms with Crippen LogP contribution >= 0.6 is 22.9 Å². The van der Waals surface area contributed by atoms with Crippen LogP contribution in [0.2, 0.25) is 5.02 Å². The molecule has 0 radical (unpaired) electrons. The van der Waals surface area contributed by atoms with Gasteiger partial charge in [0.25, 0.3) is 0 Å². The predicted molar refractivity (Wildman–Crippen MR) is 123 cm³/mol. The molecule has 7 nitrogen and oxygen atoms in total. The Balaban J connectivity index is 1.32. The van der Waals surface area contributed by atoms with Crippen LogP contribution in [0.15, 0.2) is 54.3 Å². The topological polar surface area (TPSA) is 70.1 Å². The summed E-state index contributed by atoms with van der Waals surface area (Å²) in [5, 5.41) is 8.05. The highest BCUT2D eigenvalue weighted by Gasteiger charge is 2.21. The van der Waals surface area contributed by atoms with Crippen molar-refractivity contribution in [2.75, 3.05) is 41.3 Å². The average molecular weight is 438 g/mol. The van der Waals surface area contributed by atoms with E-state index >= 15 is 0 Å². The number of aromatic nitrogens is 4. The summed E-state index contributed by atoms with van der Waals surface area (Å²) in [6.07, 6.45) is 5.52. The Morgan fingerprint density at radius 1 is 0.967 bits per heavy atom. The second-order valence-electron chi connectivity index (χ2n) is 6.99. The van der Waals surface area contributed by atoms with E-state index in [0.717, 1.165) is 58.6 Å². The van der Waals surface area contributed by atoms with Gasteiger partial charge >= 0.3 is 0 Å². The minimum Gasteiger partial charge on any atom is -0.352 e. The number of benzene rings is 1. The molecule has 1 saturated heterocycles. The van der Waals surface area contributed by atoms with Crippen molar-refractivity contribution in [3.63, 3.8) is 0 Å². The molecule has 4 heterocycles. The van der Waals surface area contributed by atoms with Gasteiger partial charge in [-0.15, -0.1) is 11.3 Å². The van der Waals surface area contributed by atoms with Crippen LogP contribution in [0.5, 0.6) is 0 Å². The Morgan fingerprint density at radius 3 is 2.60 bits per heavy atom. The zero-order chi connectivity index (χ0) is 20.3. The molecular formula is C21H20ClN7S. The number of fused-ring (bicyclic) bond motifs is 1. The maximum atomic E-state index is 6.23. The molecular weight excluding hydrogens is 418 g/mol. The number of hydrogen-bond donors (Lipinski definition) is 1. The van der Waals surface area contributed by atoms with E-state index in [0.29, 0.717) is 12.5 Å². The standard InChI is InChI=1S/C21H20ClN7S/c22-17-4-2-1-3-15(17)13-25-20-26-14-16-18(27-20)5-6-23-19(16)28-8-10-29(11-9-28)21-24-7-12-30-21/h1-7,12,14H,8-11,13H2,(H,25,26,27). The summed E-state index contributed by atoms with van der Waals surface area (Å²) in [6, 6.07) is 9.68. The van der Waals surface area contributed by atoms with E-state index in [1.807, 2.05) is 54.3 Å². The van der Waals surface area contributed by atoms with Gasteiger partial charge in [-0.25, -0.2) is 19.9 Å². The molecule has 3 aromatic heterocycles. The van der Waals surface area contributed by atoms with Gasteiger partial charge in [0.05, 0.1) is 10.9 Å². The van der Waals surface area contributed by atoms with Crippen molar-refractivity contribution in [3.05, 3.63) is 64.9 Å². The summed E-state index contributed by atoms with van der Waals surface area (Å²) in [5.41, 5.74) is 1.88. The highest BCUT2D eigenvalue weighted by Crippen LogP contribution is 2.26. The maximum absolute atomic E-state index is 6.23. The van der Waals surface area contributed by atoms with Crippen molar-refractivity contribution < 1.29 is 0 Å². The smallest absolute Gasteiger partial charge is 0.223 e. The molecule has 1 fully saturated rings.